The van der Waals surface area contributed by atoms with E-state index in [0.717, 1.165) is 15.8 Å². The summed E-state index contributed by atoms with van der Waals surface area (Å²) >= 11 is 0. The van der Waals surface area contributed by atoms with Crippen LogP contribution in [0.15, 0.2) is 29.2 Å². The highest BCUT2D eigenvalue weighted by molar-refractivity contribution is 5.67. The largest absolute Gasteiger partial charge is 0.496 e. The zero-order valence-corrected chi connectivity index (χ0v) is 9.15. The number of ether oxygens (including phenoxy) is 1. The first-order valence-electron chi connectivity index (χ1n) is 4.83. The summed E-state index contributed by atoms with van der Waals surface area (Å²) in [5, 5.41) is 0. The minimum absolute atomic E-state index is 0.349. The Hall–Kier alpha value is -2.17. The van der Waals surface area contributed by atoms with Gasteiger partial charge in [-0.1, -0.05) is 11.6 Å². The topological polar surface area (TPSA) is 73.0 Å². The minimum atomic E-state index is -0.349. The molecule has 0 aliphatic rings. The number of aromatic amines is 1. The number of nitrogens with zero attached hydrogens (tertiary/aromatic N) is 1. The van der Waals surface area contributed by atoms with Crippen molar-refractivity contribution in [1.29, 1.82) is 0 Å². The Morgan fingerprint density at radius 2 is 2.19 bits per heavy atom. The number of nitrogen functional groups attached to an aromatic ring is 1. The minimum Gasteiger partial charge on any atom is -0.496 e. The molecule has 0 atom stereocenters. The van der Waals surface area contributed by atoms with Crippen molar-refractivity contribution in [1.82, 2.24) is 9.66 Å². The summed E-state index contributed by atoms with van der Waals surface area (Å²) in [7, 11) is 1.59. The highest BCUT2D eigenvalue weighted by Crippen LogP contribution is 2.28. The Morgan fingerprint density at radius 3 is 2.75 bits per heavy atom. The first kappa shape index (κ1) is 10.4. The zero-order chi connectivity index (χ0) is 11.7. The van der Waals surface area contributed by atoms with Gasteiger partial charge in [-0.15, -0.1) is 0 Å². The highest BCUT2D eigenvalue weighted by Gasteiger charge is 2.09. The number of hydrogen-bond acceptors (Lipinski definition) is 3. The van der Waals surface area contributed by atoms with E-state index >= 15 is 0 Å². The van der Waals surface area contributed by atoms with Gasteiger partial charge in [-0.25, -0.2) is 9.47 Å². The number of H-pyrrole nitrogens is 1. The van der Waals surface area contributed by atoms with Crippen molar-refractivity contribution in [2.24, 2.45) is 0 Å². The van der Waals surface area contributed by atoms with Crippen LogP contribution in [0.25, 0.3) is 11.3 Å². The smallest absolute Gasteiger partial charge is 0.344 e. The Kier molecular flexibility index (Phi) is 2.44. The Morgan fingerprint density at radius 1 is 1.44 bits per heavy atom. The van der Waals surface area contributed by atoms with Crippen LogP contribution in [0.5, 0.6) is 5.75 Å². The summed E-state index contributed by atoms with van der Waals surface area (Å²) in [4.78, 5) is 13.9. The molecule has 0 spiro atoms. The number of aromatic nitrogens is 2. The van der Waals surface area contributed by atoms with Crippen LogP contribution in [0.3, 0.4) is 0 Å². The lowest BCUT2D eigenvalue weighted by Gasteiger charge is -2.07. The van der Waals surface area contributed by atoms with Gasteiger partial charge in [-0.05, 0) is 19.1 Å². The molecule has 5 nitrogen and oxygen atoms in total. The van der Waals surface area contributed by atoms with E-state index in [1.807, 2.05) is 25.1 Å². The average Bonchev–Trinajstić information content (AvgIpc) is 2.59. The van der Waals surface area contributed by atoms with Gasteiger partial charge in [0.05, 0.1) is 19.0 Å². The van der Waals surface area contributed by atoms with E-state index in [1.54, 1.807) is 13.3 Å². The maximum absolute atomic E-state index is 11.2. The van der Waals surface area contributed by atoms with E-state index in [-0.39, 0.29) is 5.69 Å². The van der Waals surface area contributed by atoms with Crippen LogP contribution in [0, 0.1) is 6.92 Å². The maximum atomic E-state index is 11.2. The number of benzene rings is 1. The van der Waals surface area contributed by atoms with E-state index < -0.39 is 0 Å². The van der Waals surface area contributed by atoms with E-state index in [4.69, 9.17) is 10.6 Å². The molecule has 1 aromatic carbocycles. The second kappa shape index (κ2) is 3.77. The molecule has 1 heterocycles. The molecule has 84 valence electrons. The third-order valence-corrected chi connectivity index (χ3v) is 2.39. The quantitative estimate of drug-likeness (QED) is 0.736. The average molecular weight is 219 g/mol. The van der Waals surface area contributed by atoms with Crippen molar-refractivity contribution < 1.29 is 4.74 Å². The summed E-state index contributed by atoms with van der Waals surface area (Å²) < 4.78 is 6.24. The van der Waals surface area contributed by atoms with Crippen LogP contribution in [0.2, 0.25) is 0 Å². The lowest BCUT2D eigenvalue weighted by Crippen LogP contribution is -2.22. The van der Waals surface area contributed by atoms with Gasteiger partial charge in [-0.2, -0.15) is 0 Å². The van der Waals surface area contributed by atoms with Crippen LogP contribution >= 0.6 is 0 Å². The molecule has 0 aliphatic heterocycles. The predicted octanol–water partition coefficient (Wildman–Crippen LogP) is 0.874. The van der Waals surface area contributed by atoms with Crippen LogP contribution < -0.4 is 16.3 Å². The first-order valence-corrected chi connectivity index (χ1v) is 4.83. The molecular weight excluding hydrogens is 206 g/mol. The standard InChI is InChI=1S/C11H13N3O2/c1-7-3-4-10(16-2)8(5-7)9-6-14(12)11(15)13-9/h3-6H,12H2,1-2H3,(H,13,15). The van der Waals surface area contributed by atoms with Crippen LogP contribution in [-0.4, -0.2) is 16.8 Å². The molecule has 0 fully saturated rings. The number of rotatable bonds is 2. The van der Waals surface area contributed by atoms with Crippen molar-refractivity contribution in [3.8, 4) is 17.0 Å². The molecule has 0 bridgehead atoms. The number of imidazole rings is 1. The van der Waals surface area contributed by atoms with Gasteiger partial charge in [-0.3, -0.25) is 0 Å². The van der Waals surface area contributed by atoms with Crippen molar-refractivity contribution in [3.05, 3.63) is 40.4 Å². The number of aryl methyl sites for hydroxylation is 1. The molecule has 16 heavy (non-hydrogen) atoms. The molecule has 0 aliphatic carbocycles. The third kappa shape index (κ3) is 1.67. The van der Waals surface area contributed by atoms with Crippen molar-refractivity contribution in [3.63, 3.8) is 0 Å². The van der Waals surface area contributed by atoms with Crippen molar-refractivity contribution in [2.45, 2.75) is 6.92 Å². The normalized spacial score (nSPS) is 10.4. The fraction of sp³-hybridized carbons (Fsp3) is 0.182. The second-order valence-corrected chi connectivity index (χ2v) is 3.58. The van der Waals surface area contributed by atoms with Gasteiger partial charge in [0.1, 0.15) is 5.75 Å². The number of nitrogens with two attached hydrogens (primary N) is 1. The van der Waals surface area contributed by atoms with Crippen molar-refractivity contribution in [2.75, 3.05) is 13.0 Å². The third-order valence-electron chi connectivity index (χ3n) is 2.39. The molecule has 1 aromatic heterocycles. The highest BCUT2D eigenvalue weighted by atomic mass is 16.5. The zero-order valence-electron chi connectivity index (χ0n) is 9.15. The second-order valence-electron chi connectivity index (χ2n) is 3.58. The predicted molar refractivity (Wildman–Crippen MR) is 61.9 cm³/mol. The SMILES string of the molecule is COc1ccc(C)cc1-c1cn(N)c(=O)[nH]1. The molecule has 0 amide bonds. The van der Waals surface area contributed by atoms with Gasteiger partial charge in [0, 0.05) is 5.56 Å². The fourth-order valence-corrected chi connectivity index (χ4v) is 1.58. The van der Waals surface area contributed by atoms with Gasteiger partial charge < -0.3 is 15.6 Å². The Balaban J connectivity index is 2.62. The summed E-state index contributed by atoms with van der Waals surface area (Å²) in [6.07, 6.45) is 1.54. The Labute approximate surface area is 92.4 Å². The lowest BCUT2D eigenvalue weighted by atomic mass is 10.1. The van der Waals surface area contributed by atoms with Crippen LogP contribution in [-0.2, 0) is 0 Å². The first-order chi connectivity index (χ1) is 7.61. The molecule has 0 unspecified atom stereocenters. The van der Waals surface area contributed by atoms with E-state index in [2.05, 4.69) is 4.98 Å². The summed E-state index contributed by atoms with van der Waals surface area (Å²) in [5.74, 6) is 6.14. The van der Waals surface area contributed by atoms with Crippen molar-refractivity contribution >= 4 is 0 Å². The molecular formula is C11H13N3O2. The van der Waals surface area contributed by atoms with Crippen LogP contribution in [0.4, 0.5) is 0 Å². The molecule has 0 saturated heterocycles. The molecule has 3 N–H and O–H groups in total. The summed E-state index contributed by atoms with van der Waals surface area (Å²) in [6.45, 7) is 1.97. The molecule has 2 aromatic rings. The molecule has 5 heteroatoms. The number of nitrogens with one attached hydrogen (secondary N) is 1. The van der Waals surface area contributed by atoms with Crippen LogP contribution in [0.1, 0.15) is 5.56 Å². The summed E-state index contributed by atoms with van der Waals surface area (Å²) in [6, 6.07) is 5.74. The molecule has 2 rings (SSSR count). The lowest BCUT2D eigenvalue weighted by molar-refractivity contribution is 0.416. The maximum Gasteiger partial charge on any atom is 0.344 e. The van der Waals surface area contributed by atoms with Gasteiger partial charge in [0.25, 0.3) is 0 Å². The fourth-order valence-electron chi connectivity index (χ4n) is 1.58. The molecule has 0 saturated carbocycles. The van der Waals surface area contributed by atoms with E-state index in [0.29, 0.717) is 11.4 Å². The summed E-state index contributed by atoms with van der Waals surface area (Å²) in [5.41, 5.74) is 2.21. The van der Waals surface area contributed by atoms with E-state index in [1.165, 1.54) is 0 Å². The van der Waals surface area contributed by atoms with Gasteiger partial charge in [0.2, 0.25) is 0 Å². The van der Waals surface area contributed by atoms with Gasteiger partial charge in [0.15, 0.2) is 0 Å². The monoisotopic (exact) mass is 219 g/mol. The number of hydrogen-bond donors (Lipinski definition) is 2. The molecule has 0 radical (unpaired) electrons. The Bertz CT molecular complexity index is 569. The van der Waals surface area contributed by atoms with E-state index in [9.17, 15) is 4.79 Å². The van der Waals surface area contributed by atoms with Gasteiger partial charge >= 0.3 is 5.69 Å². The number of methoxy groups -OCH3 is 1.